The van der Waals surface area contributed by atoms with Gasteiger partial charge in [-0.15, -0.1) is 0 Å². The van der Waals surface area contributed by atoms with E-state index in [4.69, 9.17) is 5.73 Å². The summed E-state index contributed by atoms with van der Waals surface area (Å²) < 4.78 is 26.1. The Morgan fingerprint density at radius 3 is 2.41 bits per heavy atom. The van der Waals surface area contributed by atoms with Gasteiger partial charge in [0.1, 0.15) is 11.6 Å². The maximum atomic E-state index is 13.1. The zero-order valence-electron chi connectivity index (χ0n) is 9.16. The summed E-state index contributed by atoms with van der Waals surface area (Å²) in [5.74, 6) is -1.21. The second-order valence-electron chi connectivity index (χ2n) is 3.71. The van der Waals surface area contributed by atoms with Crippen LogP contribution in [0.25, 0.3) is 11.3 Å². The molecule has 1 aromatic heterocycles. The van der Waals surface area contributed by atoms with Gasteiger partial charge in [0.15, 0.2) is 0 Å². The molecule has 2 aromatic rings. The second kappa shape index (κ2) is 5.01. The minimum atomic E-state index is -0.606. The molecule has 0 saturated heterocycles. The normalized spacial score (nSPS) is 10.5. The molecular weight excluding hydrogens is 222 g/mol. The van der Waals surface area contributed by atoms with Crippen LogP contribution in [-0.2, 0) is 6.42 Å². The van der Waals surface area contributed by atoms with Gasteiger partial charge in [0.2, 0.25) is 0 Å². The third-order valence-electron chi connectivity index (χ3n) is 2.37. The van der Waals surface area contributed by atoms with Crippen molar-refractivity contribution >= 4 is 0 Å². The molecule has 4 heteroatoms. The van der Waals surface area contributed by atoms with Crippen LogP contribution in [0, 0.1) is 11.6 Å². The van der Waals surface area contributed by atoms with Gasteiger partial charge in [-0.05, 0) is 30.8 Å². The Morgan fingerprint density at radius 2 is 1.76 bits per heavy atom. The Balaban J connectivity index is 2.41. The molecule has 0 unspecified atom stereocenters. The van der Waals surface area contributed by atoms with Crippen LogP contribution in [-0.4, -0.2) is 11.5 Å². The van der Waals surface area contributed by atoms with Gasteiger partial charge in [0, 0.05) is 23.7 Å². The molecule has 0 aliphatic rings. The fourth-order valence-corrected chi connectivity index (χ4v) is 1.63. The highest BCUT2D eigenvalue weighted by molar-refractivity contribution is 5.59. The van der Waals surface area contributed by atoms with E-state index in [-0.39, 0.29) is 0 Å². The summed E-state index contributed by atoms with van der Waals surface area (Å²) in [5.41, 5.74) is 7.23. The topological polar surface area (TPSA) is 38.9 Å². The molecule has 0 spiro atoms. The van der Waals surface area contributed by atoms with E-state index in [1.807, 2.05) is 6.07 Å². The maximum Gasteiger partial charge on any atom is 0.126 e. The first-order valence-electron chi connectivity index (χ1n) is 5.31. The monoisotopic (exact) mass is 234 g/mol. The van der Waals surface area contributed by atoms with Crippen molar-refractivity contribution in [3.05, 3.63) is 53.7 Å². The zero-order chi connectivity index (χ0) is 12.3. The third kappa shape index (κ3) is 2.85. The van der Waals surface area contributed by atoms with E-state index in [2.05, 4.69) is 4.98 Å². The molecule has 88 valence electrons. The van der Waals surface area contributed by atoms with Crippen LogP contribution in [0.3, 0.4) is 0 Å². The number of pyridine rings is 1. The van der Waals surface area contributed by atoms with Gasteiger partial charge < -0.3 is 5.73 Å². The van der Waals surface area contributed by atoms with Crippen molar-refractivity contribution in [2.45, 2.75) is 6.42 Å². The van der Waals surface area contributed by atoms with Gasteiger partial charge >= 0.3 is 0 Å². The molecule has 0 radical (unpaired) electrons. The van der Waals surface area contributed by atoms with Crippen molar-refractivity contribution in [1.29, 1.82) is 0 Å². The highest BCUT2D eigenvalue weighted by Gasteiger charge is 2.05. The van der Waals surface area contributed by atoms with Gasteiger partial charge in [-0.3, -0.25) is 4.98 Å². The molecule has 2 nitrogen and oxygen atoms in total. The number of rotatable bonds is 3. The van der Waals surface area contributed by atoms with Crippen LogP contribution in [0.15, 0.2) is 36.4 Å². The molecule has 2 rings (SSSR count). The molecule has 0 atom stereocenters. The second-order valence-corrected chi connectivity index (χ2v) is 3.71. The molecular formula is C13H12F2N2. The summed E-state index contributed by atoms with van der Waals surface area (Å²) in [4.78, 5) is 4.30. The van der Waals surface area contributed by atoms with E-state index in [0.29, 0.717) is 24.2 Å². The van der Waals surface area contributed by atoms with Crippen molar-refractivity contribution in [2.75, 3.05) is 6.54 Å². The van der Waals surface area contributed by atoms with E-state index < -0.39 is 11.6 Å². The summed E-state index contributed by atoms with van der Waals surface area (Å²) in [6.07, 6.45) is 0.644. The Kier molecular flexibility index (Phi) is 3.44. The largest absolute Gasteiger partial charge is 0.330 e. The average Bonchev–Trinajstić information content (AvgIpc) is 2.28. The first kappa shape index (κ1) is 11.7. The quantitative estimate of drug-likeness (QED) is 0.886. The van der Waals surface area contributed by atoms with Crippen LogP contribution in [0.5, 0.6) is 0 Å². The Morgan fingerprint density at radius 1 is 1.06 bits per heavy atom. The lowest BCUT2D eigenvalue weighted by atomic mass is 10.1. The first-order chi connectivity index (χ1) is 8.19. The van der Waals surface area contributed by atoms with Gasteiger partial charge in [-0.25, -0.2) is 8.78 Å². The smallest absolute Gasteiger partial charge is 0.126 e. The summed E-state index contributed by atoms with van der Waals surface area (Å²) in [7, 11) is 0. The van der Waals surface area contributed by atoms with E-state index in [9.17, 15) is 8.78 Å². The van der Waals surface area contributed by atoms with Gasteiger partial charge in [-0.1, -0.05) is 6.07 Å². The molecule has 1 heterocycles. The molecule has 0 aliphatic carbocycles. The number of hydrogen-bond acceptors (Lipinski definition) is 2. The number of benzene rings is 1. The van der Waals surface area contributed by atoms with E-state index in [0.717, 1.165) is 11.8 Å². The fourth-order valence-electron chi connectivity index (χ4n) is 1.63. The minimum Gasteiger partial charge on any atom is -0.330 e. The predicted octanol–water partition coefficient (Wildman–Crippen LogP) is 2.53. The number of nitrogens with zero attached hydrogens (tertiary/aromatic N) is 1. The van der Waals surface area contributed by atoms with E-state index in [1.54, 1.807) is 12.1 Å². The lowest BCUT2D eigenvalue weighted by Crippen LogP contribution is -2.04. The molecule has 17 heavy (non-hydrogen) atoms. The molecule has 1 aromatic carbocycles. The van der Waals surface area contributed by atoms with Gasteiger partial charge in [-0.2, -0.15) is 0 Å². The fraction of sp³-hybridized carbons (Fsp3) is 0.154. The predicted molar refractivity (Wildman–Crippen MR) is 62.3 cm³/mol. The van der Waals surface area contributed by atoms with Crippen molar-refractivity contribution < 1.29 is 8.78 Å². The van der Waals surface area contributed by atoms with Crippen LogP contribution >= 0.6 is 0 Å². The Hall–Kier alpha value is -1.81. The third-order valence-corrected chi connectivity index (χ3v) is 2.37. The van der Waals surface area contributed by atoms with Gasteiger partial charge in [0.05, 0.1) is 5.69 Å². The summed E-state index contributed by atoms with van der Waals surface area (Å²) in [6, 6.07) is 8.72. The average molecular weight is 234 g/mol. The van der Waals surface area contributed by atoms with Crippen LogP contribution in [0.2, 0.25) is 0 Å². The number of aromatic nitrogens is 1. The van der Waals surface area contributed by atoms with E-state index >= 15 is 0 Å². The Labute approximate surface area is 98.1 Å². The number of halogens is 2. The van der Waals surface area contributed by atoms with Crippen LogP contribution in [0.4, 0.5) is 8.78 Å². The van der Waals surface area contributed by atoms with Crippen molar-refractivity contribution in [3.8, 4) is 11.3 Å². The van der Waals surface area contributed by atoms with Crippen LogP contribution in [0.1, 0.15) is 5.69 Å². The summed E-state index contributed by atoms with van der Waals surface area (Å²) >= 11 is 0. The highest BCUT2D eigenvalue weighted by Crippen LogP contribution is 2.20. The molecule has 0 aliphatic heterocycles. The standard InChI is InChI=1S/C13H12F2N2/c14-10-6-9(7-11(15)8-10)13-3-1-2-12(17-13)4-5-16/h1-3,6-8H,4-5,16H2. The van der Waals surface area contributed by atoms with Gasteiger partial charge in [0.25, 0.3) is 0 Å². The molecule has 2 N–H and O–H groups in total. The maximum absolute atomic E-state index is 13.1. The van der Waals surface area contributed by atoms with Crippen molar-refractivity contribution in [1.82, 2.24) is 4.98 Å². The first-order valence-corrected chi connectivity index (χ1v) is 5.31. The zero-order valence-corrected chi connectivity index (χ0v) is 9.16. The van der Waals surface area contributed by atoms with Crippen molar-refractivity contribution in [3.63, 3.8) is 0 Å². The summed E-state index contributed by atoms with van der Waals surface area (Å²) in [5, 5.41) is 0. The lowest BCUT2D eigenvalue weighted by Gasteiger charge is -2.04. The lowest BCUT2D eigenvalue weighted by molar-refractivity contribution is 0.584. The molecule has 0 bridgehead atoms. The minimum absolute atomic E-state index is 0.432. The highest BCUT2D eigenvalue weighted by atomic mass is 19.1. The van der Waals surface area contributed by atoms with E-state index in [1.165, 1.54) is 12.1 Å². The molecule has 0 fully saturated rings. The number of nitrogens with two attached hydrogens (primary N) is 1. The Bertz CT molecular complexity index is 506. The molecule has 0 amide bonds. The molecule has 0 saturated carbocycles. The SMILES string of the molecule is NCCc1cccc(-c2cc(F)cc(F)c2)n1. The van der Waals surface area contributed by atoms with Crippen molar-refractivity contribution in [2.24, 2.45) is 5.73 Å². The summed E-state index contributed by atoms with van der Waals surface area (Å²) in [6.45, 7) is 0.494. The number of hydrogen-bond donors (Lipinski definition) is 1. The van der Waals surface area contributed by atoms with Crippen LogP contribution < -0.4 is 5.73 Å².